The van der Waals surface area contributed by atoms with E-state index in [1.807, 2.05) is 0 Å². The van der Waals surface area contributed by atoms with Gasteiger partial charge in [0.05, 0.1) is 0 Å². The summed E-state index contributed by atoms with van der Waals surface area (Å²) in [4.78, 5) is 0. The first-order valence-electron chi connectivity index (χ1n) is 6.37. The van der Waals surface area contributed by atoms with Crippen molar-refractivity contribution in [2.75, 3.05) is 0 Å². The van der Waals surface area contributed by atoms with Crippen LogP contribution in [0.25, 0.3) is 0 Å². The lowest BCUT2D eigenvalue weighted by Gasteiger charge is -2.09. The normalized spacial score (nSPS) is 10.8. The molecule has 2 aromatic carbocycles. The molecule has 1 nitrogen and oxygen atoms in total. The van der Waals surface area contributed by atoms with Gasteiger partial charge in [0.1, 0.15) is 11.6 Å². The molecule has 0 amide bonds. The fourth-order valence-corrected chi connectivity index (χ4v) is 2.30. The van der Waals surface area contributed by atoms with Crippen LogP contribution in [0.2, 0.25) is 5.02 Å². The Morgan fingerprint density at radius 3 is 2.25 bits per heavy atom. The molecule has 0 unspecified atom stereocenters. The molecule has 0 aromatic heterocycles. The third-order valence-electron chi connectivity index (χ3n) is 3.16. The molecule has 0 aliphatic carbocycles. The summed E-state index contributed by atoms with van der Waals surface area (Å²) < 4.78 is 27.1. The SMILES string of the molecule is Cc1cc(CNCc2ccc(Cl)cc2F)cc(C)c1F. The Labute approximate surface area is 122 Å². The highest BCUT2D eigenvalue weighted by atomic mass is 35.5. The van der Waals surface area contributed by atoms with Gasteiger partial charge in [-0.1, -0.05) is 29.8 Å². The molecule has 20 heavy (non-hydrogen) atoms. The van der Waals surface area contributed by atoms with E-state index in [9.17, 15) is 8.78 Å². The molecular formula is C16H16ClF2N. The molecule has 0 bridgehead atoms. The van der Waals surface area contributed by atoms with Gasteiger partial charge in [0, 0.05) is 23.7 Å². The van der Waals surface area contributed by atoms with E-state index in [0.717, 1.165) is 5.56 Å². The summed E-state index contributed by atoms with van der Waals surface area (Å²) in [5, 5.41) is 3.53. The molecule has 0 saturated carbocycles. The molecule has 0 spiro atoms. The van der Waals surface area contributed by atoms with Gasteiger partial charge >= 0.3 is 0 Å². The van der Waals surface area contributed by atoms with Crippen LogP contribution in [0.4, 0.5) is 8.78 Å². The van der Waals surface area contributed by atoms with Gasteiger partial charge in [-0.25, -0.2) is 8.78 Å². The molecule has 0 saturated heterocycles. The summed E-state index contributed by atoms with van der Waals surface area (Å²) >= 11 is 5.70. The van der Waals surface area contributed by atoms with Crippen molar-refractivity contribution < 1.29 is 8.78 Å². The second-order valence-electron chi connectivity index (χ2n) is 4.88. The van der Waals surface area contributed by atoms with Crippen molar-refractivity contribution in [3.63, 3.8) is 0 Å². The Morgan fingerprint density at radius 2 is 1.65 bits per heavy atom. The average molecular weight is 296 g/mol. The lowest BCUT2D eigenvalue weighted by molar-refractivity contribution is 0.586. The largest absolute Gasteiger partial charge is 0.309 e. The molecule has 2 rings (SSSR count). The molecule has 0 radical (unpaired) electrons. The minimum Gasteiger partial charge on any atom is -0.309 e. The third-order valence-corrected chi connectivity index (χ3v) is 3.39. The fourth-order valence-electron chi connectivity index (χ4n) is 2.14. The van der Waals surface area contributed by atoms with Gasteiger partial charge in [-0.05, 0) is 42.7 Å². The van der Waals surface area contributed by atoms with Crippen molar-refractivity contribution in [2.24, 2.45) is 0 Å². The minimum atomic E-state index is -0.323. The number of rotatable bonds is 4. The van der Waals surface area contributed by atoms with Crippen molar-refractivity contribution in [3.05, 3.63) is 69.2 Å². The number of halogens is 3. The Bertz CT molecular complexity index is 603. The maximum Gasteiger partial charge on any atom is 0.129 e. The van der Waals surface area contributed by atoms with Crippen molar-refractivity contribution in [2.45, 2.75) is 26.9 Å². The summed E-state index contributed by atoms with van der Waals surface area (Å²) in [5.74, 6) is -0.492. The highest BCUT2D eigenvalue weighted by molar-refractivity contribution is 6.30. The predicted octanol–water partition coefficient (Wildman–Crippen LogP) is 4.52. The van der Waals surface area contributed by atoms with Crippen LogP contribution in [-0.2, 0) is 13.1 Å². The first kappa shape index (κ1) is 14.9. The first-order valence-corrected chi connectivity index (χ1v) is 6.75. The maximum absolute atomic E-state index is 13.6. The van der Waals surface area contributed by atoms with Crippen molar-refractivity contribution in [1.82, 2.24) is 5.32 Å². The Hall–Kier alpha value is -1.45. The summed E-state index contributed by atoms with van der Waals surface area (Å²) in [7, 11) is 0. The van der Waals surface area contributed by atoms with Crippen molar-refractivity contribution >= 4 is 11.6 Å². The van der Waals surface area contributed by atoms with Crippen LogP contribution in [0.15, 0.2) is 30.3 Å². The zero-order valence-electron chi connectivity index (χ0n) is 11.4. The molecule has 1 N–H and O–H groups in total. The van der Waals surface area contributed by atoms with E-state index >= 15 is 0 Å². The van der Waals surface area contributed by atoms with Gasteiger partial charge in [0.25, 0.3) is 0 Å². The highest BCUT2D eigenvalue weighted by Gasteiger charge is 2.05. The standard InChI is InChI=1S/C16H16ClF2N/c1-10-5-12(6-11(2)16(10)19)8-20-9-13-3-4-14(17)7-15(13)18/h3-7,20H,8-9H2,1-2H3. The second kappa shape index (κ2) is 6.33. The van der Waals surface area contributed by atoms with E-state index in [1.165, 1.54) is 6.07 Å². The monoisotopic (exact) mass is 295 g/mol. The quantitative estimate of drug-likeness (QED) is 0.874. The van der Waals surface area contributed by atoms with Crippen molar-refractivity contribution in [3.8, 4) is 0 Å². The first-order chi connectivity index (χ1) is 9.47. The lowest BCUT2D eigenvalue weighted by atomic mass is 10.1. The van der Waals surface area contributed by atoms with Crippen LogP contribution in [0.1, 0.15) is 22.3 Å². The smallest absolute Gasteiger partial charge is 0.129 e. The van der Waals surface area contributed by atoms with Gasteiger partial charge in [-0.15, -0.1) is 0 Å². The van der Waals surface area contributed by atoms with E-state index in [0.29, 0.717) is 34.8 Å². The topological polar surface area (TPSA) is 12.0 Å². The molecule has 0 fully saturated rings. The van der Waals surface area contributed by atoms with E-state index in [4.69, 9.17) is 11.6 Å². The molecular weight excluding hydrogens is 280 g/mol. The van der Waals surface area contributed by atoms with Crippen LogP contribution >= 0.6 is 11.6 Å². The zero-order chi connectivity index (χ0) is 14.7. The number of aryl methyl sites for hydroxylation is 2. The summed E-state index contributed by atoms with van der Waals surface area (Å²) in [6, 6.07) is 8.21. The van der Waals surface area contributed by atoms with Crippen LogP contribution in [0.3, 0.4) is 0 Å². The fraction of sp³-hybridized carbons (Fsp3) is 0.250. The zero-order valence-corrected chi connectivity index (χ0v) is 12.2. The molecule has 0 aliphatic rings. The molecule has 2 aromatic rings. The van der Waals surface area contributed by atoms with E-state index in [2.05, 4.69) is 5.32 Å². The van der Waals surface area contributed by atoms with Gasteiger partial charge < -0.3 is 5.32 Å². The third kappa shape index (κ3) is 3.56. The predicted molar refractivity (Wildman–Crippen MR) is 77.8 cm³/mol. The van der Waals surface area contributed by atoms with Gasteiger partial charge in [0.2, 0.25) is 0 Å². The van der Waals surface area contributed by atoms with E-state index in [1.54, 1.807) is 38.1 Å². The van der Waals surface area contributed by atoms with Gasteiger partial charge in [-0.2, -0.15) is 0 Å². The Balaban J connectivity index is 1.99. The van der Waals surface area contributed by atoms with E-state index < -0.39 is 0 Å². The van der Waals surface area contributed by atoms with Gasteiger partial charge in [0.15, 0.2) is 0 Å². The summed E-state index contributed by atoms with van der Waals surface area (Å²) in [6.07, 6.45) is 0. The minimum absolute atomic E-state index is 0.169. The number of benzene rings is 2. The summed E-state index contributed by atoms with van der Waals surface area (Å²) in [5.41, 5.74) is 2.79. The maximum atomic E-state index is 13.6. The van der Waals surface area contributed by atoms with Crippen LogP contribution in [0, 0.1) is 25.5 Å². The molecule has 0 atom stereocenters. The molecule has 4 heteroatoms. The number of hydrogen-bond acceptors (Lipinski definition) is 1. The molecule has 0 heterocycles. The van der Waals surface area contributed by atoms with E-state index in [-0.39, 0.29) is 11.6 Å². The lowest BCUT2D eigenvalue weighted by Crippen LogP contribution is -2.14. The Kier molecular flexibility index (Phi) is 4.73. The Morgan fingerprint density at radius 1 is 1.00 bits per heavy atom. The van der Waals surface area contributed by atoms with Gasteiger partial charge in [-0.3, -0.25) is 0 Å². The highest BCUT2D eigenvalue weighted by Crippen LogP contribution is 2.16. The van der Waals surface area contributed by atoms with Crippen LogP contribution in [-0.4, -0.2) is 0 Å². The van der Waals surface area contributed by atoms with Crippen molar-refractivity contribution in [1.29, 1.82) is 0 Å². The number of nitrogens with one attached hydrogen (secondary N) is 1. The number of hydrogen-bond donors (Lipinski definition) is 1. The summed E-state index contributed by atoms with van der Waals surface area (Å²) in [6.45, 7) is 4.44. The average Bonchev–Trinajstić information content (AvgIpc) is 2.38. The second-order valence-corrected chi connectivity index (χ2v) is 5.32. The molecule has 106 valence electrons. The molecule has 0 aliphatic heterocycles. The van der Waals surface area contributed by atoms with Crippen LogP contribution < -0.4 is 5.32 Å². The van der Waals surface area contributed by atoms with Crippen LogP contribution in [0.5, 0.6) is 0 Å².